The molecule has 0 fully saturated rings. The topological polar surface area (TPSA) is 74.8 Å². The Labute approximate surface area is 184 Å². The molecule has 2 rings (SSSR count). The highest BCUT2D eigenvalue weighted by Gasteiger charge is 2.05. The smallest absolute Gasteiger partial charge is 0.251 e. The van der Waals surface area contributed by atoms with Crippen LogP contribution in [0.2, 0.25) is 0 Å². The predicted octanol–water partition coefficient (Wildman–Crippen LogP) is 3.03. The fourth-order valence-corrected chi connectivity index (χ4v) is 2.65. The molecular formula is C21H29IN4O2. The third kappa shape index (κ3) is 7.38. The Morgan fingerprint density at radius 2 is 1.68 bits per heavy atom. The molecule has 1 amide bonds. The van der Waals surface area contributed by atoms with Gasteiger partial charge >= 0.3 is 0 Å². The Morgan fingerprint density at radius 1 is 1.00 bits per heavy atom. The Kier molecular flexibility index (Phi) is 10.4. The molecule has 7 heteroatoms. The van der Waals surface area contributed by atoms with Crippen LogP contribution in [0.5, 0.6) is 5.75 Å². The zero-order valence-corrected chi connectivity index (χ0v) is 19.2. The number of guanidine groups is 1. The molecule has 3 N–H and O–H groups in total. The number of hydrogen-bond acceptors (Lipinski definition) is 3. The second-order valence-corrected chi connectivity index (χ2v) is 6.27. The molecule has 0 unspecified atom stereocenters. The molecule has 0 radical (unpaired) electrons. The van der Waals surface area contributed by atoms with Crippen molar-refractivity contribution in [3.8, 4) is 5.75 Å². The van der Waals surface area contributed by atoms with Gasteiger partial charge in [0.2, 0.25) is 0 Å². The molecule has 0 aromatic heterocycles. The Balaban J connectivity index is 0.00000392. The number of halogens is 1. The normalized spacial score (nSPS) is 10.6. The Hall–Kier alpha value is -2.29. The van der Waals surface area contributed by atoms with Gasteiger partial charge in [0.25, 0.3) is 5.91 Å². The number of aryl methyl sites for hydroxylation is 2. The number of carbonyl (C=O) groups excluding carboxylic acids is 1. The molecule has 2 aromatic rings. The fraction of sp³-hybridized carbons (Fsp3) is 0.333. The summed E-state index contributed by atoms with van der Waals surface area (Å²) in [4.78, 5) is 16.3. The summed E-state index contributed by atoms with van der Waals surface area (Å²) in [5.74, 6) is 1.32. The first kappa shape index (κ1) is 23.7. The minimum absolute atomic E-state index is 0. The molecule has 0 aliphatic carbocycles. The van der Waals surface area contributed by atoms with E-state index in [1.807, 2.05) is 0 Å². The molecule has 0 aliphatic heterocycles. The lowest BCUT2D eigenvalue weighted by atomic mass is 10.1. The van der Waals surface area contributed by atoms with Crippen LogP contribution in [-0.4, -0.2) is 39.1 Å². The standard InChI is InChI=1S/C21H28N4O2.HI/c1-15-5-6-18(16(2)13-15)14-25-21(22-3)24-12-11-23-20(26)17-7-9-19(27-4)10-8-17;/h5-10,13H,11-12,14H2,1-4H3,(H,23,26)(H2,22,24,25);1H. The van der Waals surface area contributed by atoms with Gasteiger partial charge in [0.1, 0.15) is 5.75 Å². The number of amides is 1. The van der Waals surface area contributed by atoms with E-state index in [2.05, 4.69) is 53.0 Å². The molecule has 0 saturated heterocycles. The van der Waals surface area contributed by atoms with Crippen molar-refractivity contribution < 1.29 is 9.53 Å². The Bertz CT molecular complexity index is 791. The van der Waals surface area contributed by atoms with E-state index in [0.29, 0.717) is 31.2 Å². The van der Waals surface area contributed by atoms with E-state index in [1.165, 1.54) is 16.7 Å². The van der Waals surface area contributed by atoms with Crippen LogP contribution in [0, 0.1) is 13.8 Å². The lowest BCUT2D eigenvalue weighted by molar-refractivity contribution is 0.0954. The molecule has 152 valence electrons. The molecule has 0 heterocycles. The third-order valence-corrected chi connectivity index (χ3v) is 4.22. The second kappa shape index (κ2) is 12.2. The molecular weight excluding hydrogens is 467 g/mol. The van der Waals surface area contributed by atoms with E-state index in [-0.39, 0.29) is 29.9 Å². The summed E-state index contributed by atoms with van der Waals surface area (Å²) in [7, 11) is 3.33. The zero-order chi connectivity index (χ0) is 19.6. The first-order valence-electron chi connectivity index (χ1n) is 8.96. The second-order valence-electron chi connectivity index (χ2n) is 6.27. The maximum atomic E-state index is 12.1. The van der Waals surface area contributed by atoms with E-state index in [4.69, 9.17) is 4.74 Å². The first-order valence-corrected chi connectivity index (χ1v) is 8.96. The number of nitrogens with zero attached hydrogens (tertiary/aromatic N) is 1. The van der Waals surface area contributed by atoms with E-state index < -0.39 is 0 Å². The number of methoxy groups -OCH3 is 1. The first-order chi connectivity index (χ1) is 13.0. The van der Waals surface area contributed by atoms with E-state index in [0.717, 1.165) is 5.75 Å². The lowest BCUT2D eigenvalue weighted by Gasteiger charge is -2.14. The SMILES string of the molecule is CN=C(NCCNC(=O)c1ccc(OC)cc1)NCc1ccc(C)cc1C.I. The molecule has 0 atom stereocenters. The van der Waals surface area contributed by atoms with Gasteiger partial charge < -0.3 is 20.7 Å². The van der Waals surface area contributed by atoms with E-state index in [1.54, 1.807) is 38.4 Å². The van der Waals surface area contributed by atoms with E-state index in [9.17, 15) is 4.79 Å². The van der Waals surface area contributed by atoms with Crippen molar-refractivity contribution >= 4 is 35.8 Å². The lowest BCUT2D eigenvalue weighted by Crippen LogP contribution is -2.41. The van der Waals surface area contributed by atoms with Gasteiger partial charge in [0, 0.05) is 32.2 Å². The van der Waals surface area contributed by atoms with Gasteiger partial charge in [0.05, 0.1) is 7.11 Å². The Morgan fingerprint density at radius 3 is 2.29 bits per heavy atom. The zero-order valence-electron chi connectivity index (χ0n) is 16.8. The van der Waals surface area contributed by atoms with Gasteiger partial charge in [-0.05, 0) is 49.2 Å². The van der Waals surface area contributed by atoms with Gasteiger partial charge in [-0.3, -0.25) is 9.79 Å². The highest BCUT2D eigenvalue weighted by atomic mass is 127. The van der Waals surface area contributed by atoms with Gasteiger partial charge in [0.15, 0.2) is 5.96 Å². The highest BCUT2D eigenvalue weighted by Crippen LogP contribution is 2.11. The monoisotopic (exact) mass is 496 g/mol. The summed E-state index contributed by atoms with van der Waals surface area (Å²) >= 11 is 0. The van der Waals surface area contributed by atoms with Crippen molar-refractivity contribution in [3.63, 3.8) is 0 Å². The van der Waals surface area contributed by atoms with Gasteiger partial charge in [-0.2, -0.15) is 0 Å². The number of ether oxygens (including phenoxy) is 1. The minimum Gasteiger partial charge on any atom is -0.497 e. The van der Waals surface area contributed by atoms with E-state index >= 15 is 0 Å². The van der Waals surface area contributed by atoms with Crippen molar-refractivity contribution in [1.29, 1.82) is 0 Å². The van der Waals surface area contributed by atoms with Crippen LogP contribution in [0.25, 0.3) is 0 Å². The van der Waals surface area contributed by atoms with Crippen molar-refractivity contribution in [2.75, 3.05) is 27.2 Å². The summed E-state index contributed by atoms with van der Waals surface area (Å²) in [6.45, 7) is 5.97. The highest BCUT2D eigenvalue weighted by molar-refractivity contribution is 14.0. The van der Waals surface area contributed by atoms with Crippen LogP contribution in [0.3, 0.4) is 0 Å². The van der Waals surface area contributed by atoms with Crippen LogP contribution >= 0.6 is 24.0 Å². The van der Waals surface area contributed by atoms with Crippen molar-refractivity contribution in [2.24, 2.45) is 4.99 Å². The maximum Gasteiger partial charge on any atom is 0.251 e. The summed E-state index contributed by atoms with van der Waals surface area (Å²) in [5.41, 5.74) is 4.35. The summed E-state index contributed by atoms with van der Waals surface area (Å²) < 4.78 is 5.09. The minimum atomic E-state index is -0.113. The van der Waals surface area contributed by atoms with Crippen LogP contribution in [0.1, 0.15) is 27.0 Å². The van der Waals surface area contributed by atoms with Crippen LogP contribution in [-0.2, 0) is 6.54 Å². The molecule has 0 aliphatic rings. The van der Waals surface area contributed by atoms with Crippen molar-refractivity contribution in [3.05, 3.63) is 64.7 Å². The quantitative estimate of drug-likeness (QED) is 0.239. The maximum absolute atomic E-state index is 12.1. The number of benzene rings is 2. The number of hydrogen-bond donors (Lipinski definition) is 3. The largest absolute Gasteiger partial charge is 0.497 e. The van der Waals surface area contributed by atoms with Crippen molar-refractivity contribution in [1.82, 2.24) is 16.0 Å². The van der Waals surface area contributed by atoms with Crippen LogP contribution < -0.4 is 20.7 Å². The predicted molar refractivity (Wildman–Crippen MR) is 125 cm³/mol. The van der Waals surface area contributed by atoms with Gasteiger partial charge in [-0.25, -0.2) is 0 Å². The number of rotatable bonds is 7. The summed E-state index contributed by atoms with van der Waals surface area (Å²) in [6, 6.07) is 13.4. The number of nitrogens with one attached hydrogen (secondary N) is 3. The van der Waals surface area contributed by atoms with Crippen LogP contribution in [0.15, 0.2) is 47.5 Å². The number of aliphatic imine (C=N–C) groups is 1. The summed E-state index contributed by atoms with van der Waals surface area (Å²) in [6.07, 6.45) is 0. The molecule has 0 saturated carbocycles. The molecule has 0 bridgehead atoms. The van der Waals surface area contributed by atoms with Crippen molar-refractivity contribution in [2.45, 2.75) is 20.4 Å². The molecule has 0 spiro atoms. The molecule has 2 aromatic carbocycles. The van der Waals surface area contributed by atoms with Gasteiger partial charge in [-0.15, -0.1) is 24.0 Å². The summed E-state index contributed by atoms with van der Waals surface area (Å²) in [5, 5.41) is 9.37. The molecule has 28 heavy (non-hydrogen) atoms. The fourth-order valence-electron chi connectivity index (χ4n) is 2.65. The average molecular weight is 496 g/mol. The van der Waals surface area contributed by atoms with Crippen LogP contribution in [0.4, 0.5) is 0 Å². The average Bonchev–Trinajstić information content (AvgIpc) is 2.68. The number of carbonyl (C=O) groups is 1. The molecule has 6 nitrogen and oxygen atoms in total. The van der Waals surface area contributed by atoms with Gasteiger partial charge in [-0.1, -0.05) is 23.8 Å². The third-order valence-electron chi connectivity index (χ3n) is 4.22.